The Hall–Kier alpha value is -3.00. The van der Waals surface area contributed by atoms with Gasteiger partial charge in [-0.25, -0.2) is 4.79 Å². The summed E-state index contributed by atoms with van der Waals surface area (Å²) in [6.07, 6.45) is 0.0218. The average molecular weight is 388 g/mol. The minimum absolute atomic E-state index is 0.0218. The van der Waals surface area contributed by atoms with Gasteiger partial charge in [0.2, 0.25) is 5.91 Å². The van der Waals surface area contributed by atoms with E-state index >= 15 is 0 Å². The van der Waals surface area contributed by atoms with Gasteiger partial charge in [-0.1, -0.05) is 24.3 Å². The van der Waals surface area contributed by atoms with Gasteiger partial charge in [-0.3, -0.25) is 13.8 Å². The van der Waals surface area contributed by atoms with Crippen LogP contribution in [0.5, 0.6) is 0 Å². The van der Waals surface area contributed by atoms with Gasteiger partial charge >= 0.3 is 5.97 Å². The van der Waals surface area contributed by atoms with Crippen LogP contribution < -0.4 is 10.6 Å². The van der Waals surface area contributed by atoms with Gasteiger partial charge in [0.05, 0.1) is 10.8 Å². The lowest BCUT2D eigenvalue weighted by Gasteiger charge is -2.15. The zero-order valence-electron chi connectivity index (χ0n) is 14.7. The quantitative estimate of drug-likeness (QED) is 0.640. The number of carbonyl (C=O) groups excluding carboxylic acids is 2. The van der Waals surface area contributed by atoms with Crippen molar-refractivity contribution in [2.24, 2.45) is 0 Å². The number of nitrogens with one attached hydrogen (secondary N) is 2. The molecule has 0 radical (unpaired) electrons. The van der Waals surface area contributed by atoms with Crippen LogP contribution in [0.15, 0.2) is 59.5 Å². The molecule has 8 heteroatoms. The van der Waals surface area contributed by atoms with E-state index in [-0.39, 0.29) is 23.6 Å². The number of benzene rings is 2. The molecule has 0 saturated carbocycles. The van der Waals surface area contributed by atoms with Gasteiger partial charge in [-0.2, -0.15) is 0 Å². The van der Waals surface area contributed by atoms with Crippen molar-refractivity contribution in [3.63, 3.8) is 0 Å². The van der Waals surface area contributed by atoms with Crippen LogP contribution in [-0.2, 0) is 20.4 Å². The van der Waals surface area contributed by atoms with E-state index in [0.29, 0.717) is 10.6 Å². The molecule has 142 valence electrons. The molecular formula is C19H20N2O5S. The van der Waals surface area contributed by atoms with Crippen molar-refractivity contribution >= 4 is 34.3 Å². The van der Waals surface area contributed by atoms with Gasteiger partial charge in [0.25, 0.3) is 5.91 Å². The SMILES string of the molecule is CC(=O)Nc1cccc(C(=O)N[C@@H](CC[S@@](=O)c2ccccc2)C(=O)O)c1. The molecule has 0 unspecified atom stereocenters. The lowest BCUT2D eigenvalue weighted by Crippen LogP contribution is -2.41. The Morgan fingerprint density at radius 3 is 2.41 bits per heavy atom. The maximum Gasteiger partial charge on any atom is 0.326 e. The highest BCUT2D eigenvalue weighted by atomic mass is 32.2. The van der Waals surface area contributed by atoms with Crippen molar-refractivity contribution < 1.29 is 23.7 Å². The third-order valence-corrected chi connectivity index (χ3v) is 5.05. The molecule has 0 saturated heterocycles. The van der Waals surface area contributed by atoms with Crippen LogP contribution in [0.2, 0.25) is 0 Å². The average Bonchev–Trinajstić information content (AvgIpc) is 2.64. The monoisotopic (exact) mass is 388 g/mol. The number of hydrogen-bond acceptors (Lipinski definition) is 4. The third-order valence-electron chi connectivity index (χ3n) is 3.65. The van der Waals surface area contributed by atoms with Crippen LogP contribution in [0.3, 0.4) is 0 Å². The van der Waals surface area contributed by atoms with Crippen LogP contribution in [0.4, 0.5) is 5.69 Å². The van der Waals surface area contributed by atoms with Gasteiger partial charge in [-0.05, 0) is 36.8 Å². The number of anilines is 1. The van der Waals surface area contributed by atoms with Crippen molar-refractivity contribution in [3.05, 3.63) is 60.2 Å². The smallest absolute Gasteiger partial charge is 0.326 e. The molecule has 0 spiro atoms. The largest absolute Gasteiger partial charge is 0.480 e. The Labute approximate surface area is 159 Å². The molecule has 0 fully saturated rings. The summed E-state index contributed by atoms with van der Waals surface area (Å²) in [6.45, 7) is 1.35. The topological polar surface area (TPSA) is 113 Å². The standard InChI is InChI=1S/C19H20N2O5S/c1-13(22)20-15-7-5-6-14(12-15)18(23)21-17(19(24)25)10-11-27(26)16-8-3-2-4-9-16/h2-9,12,17H,10-11H2,1H3,(H,20,22)(H,21,23)(H,24,25)/t17-,27+/m0/s1. The van der Waals surface area contributed by atoms with Crippen LogP contribution in [0.1, 0.15) is 23.7 Å². The number of carboxylic acid groups (broad SMARTS) is 1. The van der Waals surface area contributed by atoms with E-state index in [4.69, 9.17) is 0 Å². The molecule has 0 aromatic heterocycles. The first-order valence-corrected chi connectivity index (χ1v) is 9.53. The highest BCUT2D eigenvalue weighted by molar-refractivity contribution is 7.85. The molecule has 0 aliphatic rings. The molecule has 0 aliphatic heterocycles. The van der Waals surface area contributed by atoms with Crippen LogP contribution in [0.25, 0.3) is 0 Å². The summed E-state index contributed by atoms with van der Waals surface area (Å²) < 4.78 is 12.2. The molecule has 2 atom stereocenters. The fourth-order valence-corrected chi connectivity index (χ4v) is 3.50. The number of amides is 2. The van der Waals surface area contributed by atoms with E-state index in [1.807, 2.05) is 0 Å². The number of aliphatic carboxylic acids is 1. The van der Waals surface area contributed by atoms with Gasteiger partial charge in [0, 0.05) is 28.8 Å². The molecule has 2 aromatic rings. The highest BCUT2D eigenvalue weighted by Crippen LogP contribution is 2.12. The second kappa shape index (κ2) is 9.63. The Bertz CT molecular complexity index is 854. The predicted octanol–water partition coefficient (Wildman–Crippen LogP) is 2.03. The molecule has 3 N–H and O–H groups in total. The molecule has 0 bridgehead atoms. The molecule has 0 aliphatic carbocycles. The molecular weight excluding hydrogens is 368 g/mol. The van der Waals surface area contributed by atoms with E-state index in [1.54, 1.807) is 42.5 Å². The van der Waals surface area contributed by atoms with Crippen LogP contribution >= 0.6 is 0 Å². The van der Waals surface area contributed by atoms with Gasteiger partial charge in [0.15, 0.2) is 0 Å². The first kappa shape index (κ1) is 20.3. The van der Waals surface area contributed by atoms with Gasteiger partial charge in [0.1, 0.15) is 6.04 Å². The third kappa shape index (κ3) is 6.34. The zero-order valence-corrected chi connectivity index (χ0v) is 15.5. The lowest BCUT2D eigenvalue weighted by atomic mass is 10.1. The Kier molecular flexibility index (Phi) is 7.25. The fourth-order valence-electron chi connectivity index (χ4n) is 2.36. The van der Waals surface area contributed by atoms with Crippen molar-refractivity contribution in [1.29, 1.82) is 0 Å². The van der Waals surface area contributed by atoms with E-state index in [1.165, 1.54) is 19.1 Å². The maximum atomic E-state index is 12.3. The summed E-state index contributed by atoms with van der Waals surface area (Å²) in [5.41, 5.74) is 0.656. The first-order valence-electron chi connectivity index (χ1n) is 8.21. The normalized spacial score (nSPS) is 12.6. The number of hydrogen-bond donors (Lipinski definition) is 3. The molecule has 2 amide bonds. The second-order valence-electron chi connectivity index (χ2n) is 5.78. The number of rotatable bonds is 8. The molecule has 0 heterocycles. The van der Waals surface area contributed by atoms with Crippen molar-refractivity contribution in [1.82, 2.24) is 5.32 Å². The van der Waals surface area contributed by atoms with E-state index in [2.05, 4.69) is 10.6 Å². The number of carbonyl (C=O) groups is 3. The maximum absolute atomic E-state index is 12.3. The van der Waals surface area contributed by atoms with E-state index in [0.717, 1.165) is 0 Å². The zero-order chi connectivity index (χ0) is 19.8. The van der Waals surface area contributed by atoms with Crippen molar-refractivity contribution in [2.75, 3.05) is 11.1 Å². The molecule has 27 heavy (non-hydrogen) atoms. The van der Waals surface area contributed by atoms with Crippen LogP contribution in [-0.4, -0.2) is 38.9 Å². The minimum atomic E-state index is -1.35. The van der Waals surface area contributed by atoms with Crippen LogP contribution in [0, 0.1) is 0 Å². The summed E-state index contributed by atoms with van der Waals surface area (Å²) in [7, 11) is -1.35. The van der Waals surface area contributed by atoms with Gasteiger partial charge < -0.3 is 15.7 Å². The van der Waals surface area contributed by atoms with E-state index in [9.17, 15) is 23.7 Å². The summed E-state index contributed by atoms with van der Waals surface area (Å²) in [6, 6.07) is 13.7. The first-order chi connectivity index (χ1) is 12.9. The summed E-state index contributed by atoms with van der Waals surface area (Å²) in [4.78, 5) is 35.5. The summed E-state index contributed by atoms with van der Waals surface area (Å²) in [5.74, 6) is -1.96. The fraction of sp³-hybridized carbons (Fsp3) is 0.211. The van der Waals surface area contributed by atoms with Crippen molar-refractivity contribution in [2.45, 2.75) is 24.3 Å². The molecule has 7 nitrogen and oxygen atoms in total. The van der Waals surface area contributed by atoms with E-state index < -0.39 is 28.7 Å². The number of carboxylic acids is 1. The highest BCUT2D eigenvalue weighted by Gasteiger charge is 2.22. The Balaban J connectivity index is 2.01. The van der Waals surface area contributed by atoms with Gasteiger partial charge in [-0.15, -0.1) is 0 Å². The predicted molar refractivity (Wildman–Crippen MR) is 102 cm³/mol. The Morgan fingerprint density at radius 2 is 1.78 bits per heavy atom. The van der Waals surface area contributed by atoms with Crippen molar-refractivity contribution in [3.8, 4) is 0 Å². The summed E-state index contributed by atoms with van der Waals surface area (Å²) >= 11 is 0. The minimum Gasteiger partial charge on any atom is -0.480 e. The Morgan fingerprint density at radius 1 is 1.07 bits per heavy atom. The second-order valence-corrected chi connectivity index (χ2v) is 7.35. The molecule has 2 rings (SSSR count). The summed E-state index contributed by atoms with van der Waals surface area (Å²) in [5, 5.41) is 14.3. The molecule has 2 aromatic carbocycles. The lowest BCUT2D eigenvalue weighted by molar-refractivity contribution is -0.139.